The van der Waals surface area contributed by atoms with Crippen molar-refractivity contribution in [2.75, 3.05) is 0 Å². The highest BCUT2D eigenvalue weighted by Crippen LogP contribution is 2.26. The van der Waals surface area contributed by atoms with Crippen LogP contribution in [0.25, 0.3) is 0 Å². The molecule has 0 spiro atoms. The van der Waals surface area contributed by atoms with Crippen LogP contribution in [0.5, 0.6) is 0 Å². The van der Waals surface area contributed by atoms with Crippen molar-refractivity contribution in [1.82, 2.24) is 0 Å². The van der Waals surface area contributed by atoms with Crippen LogP contribution in [0.4, 0.5) is 0 Å². The van der Waals surface area contributed by atoms with E-state index >= 15 is 0 Å². The van der Waals surface area contributed by atoms with Crippen LogP contribution in [0.3, 0.4) is 0 Å². The molecule has 2 atom stereocenters. The molecule has 0 saturated heterocycles. The fraction of sp³-hybridized carbons (Fsp3) is 0.462. The van der Waals surface area contributed by atoms with E-state index in [9.17, 15) is 4.79 Å². The summed E-state index contributed by atoms with van der Waals surface area (Å²) in [5, 5.41) is 0. The van der Waals surface area contributed by atoms with Crippen molar-refractivity contribution in [3.63, 3.8) is 0 Å². The quantitative estimate of drug-likeness (QED) is 0.750. The van der Waals surface area contributed by atoms with Crippen LogP contribution in [0.2, 0.25) is 0 Å². The van der Waals surface area contributed by atoms with Gasteiger partial charge in [0.15, 0.2) is 5.78 Å². The Balaban J connectivity index is 2.13. The van der Waals surface area contributed by atoms with Gasteiger partial charge >= 0.3 is 0 Å². The van der Waals surface area contributed by atoms with Crippen LogP contribution < -0.4 is 5.73 Å². The summed E-state index contributed by atoms with van der Waals surface area (Å²) >= 11 is 0. The first-order valence-electron chi connectivity index (χ1n) is 5.64. The summed E-state index contributed by atoms with van der Waals surface area (Å²) in [4.78, 5) is 12.1. The van der Waals surface area contributed by atoms with Gasteiger partial charge in [-0.2, -0.15) is 0 Å². The Labute approximate surface area is 90.5 Å². The molecule has 0 radical (unpaired) electrons. The Bertz CT molecular complexity index is 334. The highest BCUT2D eigenvalue weighted by atomic mass is 16.1. The molecular formula is C13H17NO. The molecule has 15 heavy (non-hydrogen) atoms. The number of Topliss-reactive ketones (excluding diaryl/α,β-unsaturated/α-hetero) is 1. The van der Waals surface area contributed by atoms with Gasteiger partial charge in [-0.15, -0.1) is 0 Å². The molecule has 1 aromatic carbocycles. The van der Waals surface area contributed by atoms with E-state index in [0.717, 1.165) is 24.8 Å². The third kappa shape index (κ3) is 2.26. The van der Waals surface area contributed by atoms with Crippen molar-refractivity contribution in [1.29, 1.82) is 0 Å². The van der Waals surface area contributed by atoms with Crippen LogP contribution in [-0.4, -0.2) is 11.8 Å². The smallest absolute Gasteiger partial charge is 0.167 e. The predicted molar refractivity (Wildman–Crippen MR) is 60.7 cm³/mol. The maximum Gasteiger partial charge on any atom is 0.167 e. The molecule has 1 fully saturated rings. The average molecular weight is 203 g/mol. The Hall–Kier alpha value is -1.15. The first kappa shape index (κ1) is 10.4. The van der Waals surface area contributed by atoms with E-state index in [2.05, 4.69) is 0 Å². The number of hydrogen-bond donors (Lipinski definition) is 1. The molecule has 0 unspecified atom stereocenters. The van der Waals surface area contributed by atoms with Gasteiger partial charge in [0.1, 0.15) is 0 Å². The van der Waals surface area contributed by atoms with Gasteiger partial charge in [-0.3, -0.25) is 4.79 Å². The largest absolute Gasteiger partial charge is 0.327 e. The molecule has 0 bridgehead atoms. The summed E-state index contributed by atoms with van der Waals surface area (Å²) in [6.45, 7) is 0. The molecule has 2 nitrogen and oxygen atoms in total. The minimum absolute atomic E-state index is 0.0427. The lowest BCUT2D eigenvalue weighted by molar-refractivity contribution is 0.0871. The minimum Gasteiger partial charge on any atom is -0.327 e. The number of ketones is 1. The molecular weight excluding hydrogens is 186 g/mol. The van der Waals surface area contributed by atoms with Gasteiger partial charge in [0.25, 0.3) is 0 Å². The van der Waals surface area contributed by atoms with Gasteiger partial charge in [0.05, 0.1) is 0 Å². The van der Waals surface area contributed by atoms with Crippen molar-refractivity contribution in [3.8, 4) is 0 Å². The minimum atomic E-state index is 0.0427. The molecule has 2 rings (SSSR count). The van der Waals surface area contributed by atoms with Crippen molar-refractivity contribution in [2.24, 2.45) is 11.7 Å². The third-order valence-corrected chi connectivity index (χ3v) is 3.21. The summed E-state index contributed by atoms with van der Waals surface area (Å²) in [5.41, 5.74) is 6.80. The zero-order valence-electron chi connectivity index (χ0n) is 8.86. The van der Waals surface area contributed by atoms with Gasteiger partial charge in [-0.05, 0) is 12.8 Å². The van der Waals surface area contributed by atoms with Gasteiger partial charge in [-0.1, -0.05) is 43.2 Å². The fourth-order valence-electron chi connectivity index (χ4n) is 2.30. The monoisotopic (exact) mass is 203 g/mol. The van der Waals surface area contributed by atoms with E-state index in [1.807, 2.05) is 30.3 Å². The Morgan fingerprint density at radius 1 is 1.13 bits per heavy atom. The van der Waals surface area contributed by atoms with Crippen molar-refractivity contribution < 1.29 is 4.79 Å². The summed E-state index contributed by atoms with van der Waals surface area (Å²) in [6, 6.07) is 9.56. The van der Waals surface area contributed by atoms with Gasteiger partial charge < -0.3 is 5.73 Å². The molecule has 0 aromatic heterocycles. The SMILES string of the molecule is N[C@H]1CCCC[C@H]1C(=O)c1ccccc1. The molecule has 1 aromatic rings. The highest BCUT2D eigenvalue weighted by Gasteiger charge is 2.28. The van der Waals surface area contributed by atoms with Gasteiger partial charge in [0.2, 0.25) is 0 Å². The Morgan fingerprint density at radius 2 is 1.80 bits per heavy atom. The third-order valence-electron chi connectivity index (χ3n) is 3.21. The van der Waals surface area contributed by atoms with E-state index in [1.165, 1.54) is 6.42 Å². The molecule has 2 heteroatoms. The lowest BCUT2D eigenvalue weighted by Gasteiger charge is -2.27. The van der Waals surface area contributed by atoms with E-state index in [1.54, 1.807) is 0 Å². The first-order valence-corrected chi connectivity index (χ1v) is 5.64. The lowest BCUT2D eigenvalue weighted by atomic mass is 9.80. The molecule has 1 aliphatic carbocycles. The number of rotatable bonds is 2. The van der Waals surface area contributed by atoms with Crippen LogP contribution >= 0.6 is 0 Å². The van der Waals surface area contributed by atoms with E-state index in [0.29, 0.717) is 0 Å². The second-order valence-corrected chi connectivity index (χ2v) is 4.29. The molecule has 0 amide bonds. The molecule has 2 N–H and O–H groups in total. The summed E-state index contributed by atoms with van der Waals surface area (Å²) < 4.78 is 0. The Kier molecular flexibility index (Phi) is 3.17. The number of benzene rings is 1. The molecule has 0 aliphatic heterocycles. The van der Waals surface area contributed by atoms with Gasteiger partial charge in [-0.25, -0.2) is 0 Å². The highest BCUT2D eigenvalue weighted by molar-refractivity contribution is 5.98. The second kappa shape index (κ2) is 4.58. The predicted octanol–water partition coefficient (Wildman–Crippen LogP) is 2.39. The normalized spacial score (nSPS) is 26.2. The molecule has 1 aliphatic rings. The van der Waals surface area contributed by atoms with E-state index < -0.39 is 0 Å². The van der Waals surface area contributed by atoms with Gasteiger partial charge in [0, 0.05) is 17.5 Å². The summed E-state index contributed by atoms with van der Waals surface area (Å²) in [6.07, 6.45) is 4.24. The maximum atomic E-state index is 12.1. The fourth-order valence-corrected chi connectivity index (χ4v) is 2.30. The summed E-state index contributed by atoms with van der Waals surface area (Å²) in [7, 11) is 0. The topological polar surface area (TPSA) is 43.1 Å². The zero-order valence-corrected chi connectivity index (χ0v) is 8.86. The van der Waals surface area contributed by atoms with Crippen LogP contribution in [0.1, 0.15) is 36.0 Å². The number of carbonyl (C=O) groups excluding carboxylic acids is 1. The second-order valence-electron chi connectivity index (χ2n) is 4.29. The zero-order chi connectivity index (χ0) is 10.7. The lowest BCUT2D eigenvalue weighted by Crippen LogP contribution is -2.38. The van der Waals surface area contributed by atoms with Crippen LogP contribution in [0, 0.1) is 5.92 Å². The number of hydrogen-bond acceptors (Lipinski definition) is 2. The van der Waals surface area contributed by atoms with Crippen LogP contribution in [0.15, 0.2) is 30.3 Å². The van der Waals surface area contributed by atoms with Crippen molar-refractivity contribution >= 4 is 5.78 Å². The van der Waals surface area contributed by atoms with Crippen molar-refractivity contribution in [2.45, 2.75) is 31.7 Å². The average Bonchev–Trinajstić information content (AvgIpc) is 2.30. The van der Waals surface area contributed by atoms with Crippen LogP contribution in [-0.2, 0) is 0 Å². The molecule has 0 heterocycles. The standard InChI is InChI=1S/C13H17NO/c14-12-9-5-4-8-11(12)13(15)10-6-2-1-3-7-10/h1-3,6-7,11-12H,4-5,8-9,14H2/t11-,12+/m1/s1. The summed E-state index contributed by atoms with van der Waals surface area (Å²) in [5.74, 6) is 0.268. The first-order chi connectivity index (χ1) is 7.29. The Morgan fingerprint density at radius 3 is 2.47 bits per heavy atom. The molecule has 80 valence electrons. The van der Waals surface area contributed by atoms with E-state index in [-0.39, 0.29) is 17.7 Å². The number of nitrogens with two attached hydrogens (primary N) is 1. The number of carbonyl (C=O) groups is 1. The maximum absolute atomic E-state index is 12.1. The molecule has 1 saturated carbocycles. The van der Waals surface area contributed by atoms with E-state index in [4.69, 9.17) is 5.73 Å². The van der Waals surface area contributed by atoms with Crippen molar-refractivity contribution in [3.05, 3.63) is 35.9 Å².